The van der Waals surface area contributed by atoms with Crippen molar-refractivity contribution in [3.63, 3.8) is 0 Å². The summed E-state index contributed by atoms with van der Waals surface area (Å²) in [4.78, 5) is 26.0. The number of rotatable bonds is 5. The molecule has 0 radical (unpaired) electrons. The van der Waals surface area contributed by atoms with E-state index in [4.69, 9.17) is 27.9 Å². The summed E-state index contributed by atoms with van der Waals surface area (Å²) >= 11 is 13.7. The van der Waals surface area contributed by atoms with Gasteiger partial charge < -0.3 is 10.1 Å². The van der Waals surface area contributed by atoms with E-state index >= 15 is 0 Å². The number of benzene rings is 1. The monoisotopic (exact) mass is 423 g/mol. The van der Waals surface area contributed by atoms with E-state index in [1.165, 1.54) is 17.4 Å². The van der Waals surface area contributed by atoms with E-state index < -0.39 is 0 Å². The number of halogens is 2. The van der Waals surface area contributed by atoms with Gasteiger partial charge in [0.05, 0.1) is 12.2 Å². The fourth-order valence-electron chi connectivity index (χ4n) is 3.06. The van der Waals surface area contributed by atoms with Gasteiger partial charge in [0.1, 0.15) is 5.00 Å². The van der Waals surface area contributed by atoms with Crippen LogP contribution in [0.1, 0.15) is 46.1 Å². The zero-order valence-electron chi connectivity index (χ0n) is 14.8. The molecule has 3 rings (SSSR count). The van der Waals surface area contributed by atoms with Crippen LogP contribution in [0, 0.1) is 0 Å². The van der Waals surface area contributed by atoms with Gasteiger partial charge in [0.15, 0.2) is 0 Å². The lowest BCUT2D eigenvalue weighted by Crippen LogP contribution is -2.14. The van der Waals surface area contributed by atoms with Gasteiger partial charge in [0, 0.05) is 26.6 Å². The van der Waals surface area contributed by atoms with Crippen molar-refractivity contribution in [3.8, 4) is 0 Å². The number of thiophene rings is 1. The highest BCUT2D eigenvalue weighted by molar-refractivity contribution is 7.17. The normalized spacial score (nSPS) is 13.4. The topological polar surface area (TPSA) is 55.4 Å². The van der Waals surface area contributed by atoms with Crippen LogP contribution in [0.2, 0.25) is 10.0 Å². The second-order valence-corrected chi connectivity index (χ2v) is 8.01. The summed E-state index contributed by atoms with van der Waals surface area (Å²) in [6, 6.07) is 5.15. The number of nitrogens with one attached hydrogen (secondary N) is 1. The van der Waals surface area contributed by atoms with Crippen molar-refractivity contribution in [1.82, 2.24) is 0 Å². The van der Waals surface area contributed by atoms with Crippen LogP contribution in [-0.2, 0) is 22.4 Å². The van der Waals surface area contributed by atoms with Crippen LogP contribution in [0.4, 0.5) is 5.00 Å². The van der Waals surface area contributed by atoms with Crippen LogP contribution in [0.25, 0.3) is 6.08 Å². The molecule has 27 heavy (non-hydrogen) atoms. The van der Waals surface area contributed by atoms with Gasteiger partial charge in [-0.05, 0) is 56.4 Å². The highest BCUT2D eigenvalue weighted by atomic mass is 35.5. The number of hydrogen-bond acceptors (Lipinski definition) is 4. The zero-order chi connectivity index (χ0) is 19.4. The van der Waals surface area contributed by atoms with Gasteiger partial charge in [-0.25, -0.2) is 4.79 Å². The average molecular weight is 424 g/mol. The third kappa shape index (κ3) is 4.54. The molecule has 1 aromatic carbocycles. The largest absolute Gasteiger partial charge is 0.462 e. The molecular formula is C20H19Cl2NO3S. The zero-order valence-corrected chi connectivity index (χ0v) is 17.1. The van der Waals surface area contributed by atoms with E-state index in [0.717, 1.165) is 36.1 Å². The average Bonchev–Trinajstić information content (AvgIpc) is 2.99. The fourth-order valence-corrected chi connectivity index (χ4v) is 4.86. The van der Waals surface area contributed by atoms with Crippen molar-refractivity contribution < 1.29 is 14.3 Å². The highest BCUT2D eigenvalue weighted by Crippen LogP contribution is 2.38. The van der Waals surface area contributed by atoms with E-state index in [0.29, 0.717) is 32.8 Å². The molecule has 0 atom stereocenters. The van der Waals surface area contributed by atoms with E-state index in [2.05, 4.69) is 5.32 Å². The highest BCUT2D eigenvalue weighted by Gasteiger charge is 2.26. The Labute approximate surface area is 172 Å². The molecule has 2 aromatic rings. The number of ether oxygens (including phenoxy) is 1. The number of fused-ring (bicyclic) bond motifs is 1. The molecule has 0 saturated heterocycles. The molecule has 1 N–H and O–H groups in total. The summed E-state index contributed by atoms with van der Waals surface area (Å²) in [7, 11) is 0. The summed E-state index contributed by atoms with van der Waals surface area (Å²) in [6.07, 6.45) is 6.81. The predicted molar refractivity (Wildman–Crippen MR) is 111 cm³/mol. The molecule has 1 heterocycles. The SMILES string of the molecule is CCOC(=O)c1c(NC(=O)/C=C/c2c(Cl)cccc2Cl)sc2c1CCCC2. The van der Waals surface area contributed by atoms with Crippen molar-refractivity contribution in [2.24, 2.45) is 0 Å². The molecule has 0 unspecified atom stereocenters. The Kier molecular flexibility index (Phi) is 6.58. The molecule has 142 valence electrons. The maximum Gasteiger partial charge on any atom is 0.341 e. The van der Waals surface area contributed by atoms with Gasteiger partial charge in [-0.15, -0.1) is 11.3 Å². The lowest BCUT2D eigenvalue weighted by atomic mass is 9.95. The van der Waals surface area contributed by atoms with E-state index in [-0.39, 0.29) is 11.9 Å². The van der Waals surface area contributed by atoms with Crippen LogP contribution < -0.4 is 5.32 Å². The third-order valence-corrected chi connectivity index (χ3v) is 6.16. The van der Waals surface area contributed by atoms with Gasteiger partial charge in [-0.3, -0.25) is 4.79 Å². The quantitative estimate of drug-likeness (QED) is 0.490. The van der Waals surface area contributed by atoms with Crippen LogP contribution >= 0.6 is 34.5 Å². The molecule has 0 bridgehead atoms. The maximum atomic E-state index is 12.4. The predicted octanol–water partition coefficient (Wildman–Crippen LogP) is 5.76. The molecule has 4 nitrogen and oxygen atoms in total. The Bertz CT molecular complexity index is 885. The van der Waals surface area contributed by atoms with Gasteiger partial charge in [0.2, 0.25) is 5.91 Å². The smallest absolute Gasteiger partial charge is 0.341 e. The minimum Gasteiger partial charge on any atom is -0.462 e. The molecule has 0 fully saturated rings. The number of carbonyl (C=O) groups is 2. The first-order valence-corrected chi connectivity index (χ1v) is 10.3. The standard InChI is InChI=1S/C20H19Cl2NO3S/c1-2-26-20(25)18-13-6-3-4-9-16(13)27-19(18)23-17(24)11-10-12-14(21)7-5-8-15(12)22/h5,7-8,10-11H,2-4,6,9H2,1H3,(H,23,24)/b11-10+. The summed E-state index contributed by atoms with van der Waals surface area (Å²) in [6.45, 7) is 2.06. The molecule has 0 saturated carbocycles. The molecule has 1 aliphatic carbocycles. The Morgan fingerprint density at radius 1 is 1.22 bits per heavy atom. The number of esters is 1. The Hall–Kier alpha value is -1.82. The second-order valence-electron chi connectivity index (χ2n) is 6.09. The van der Waals surface area contributed by atoms with Crippen LogP contribution in [-0.4, -0.2) is 18.5 Å². The molecule has 1 aromatic heterocycles. The first kappa shape index (κ1) is 19.9. The number of aryl methyl sites for hydroxylation is 1. The number of carbonyl (C=O) groups excluding carboxylic acids is 2. The molecule has 1 amide bonds. The molecule has 0 spiro atoms. The van der Waals surface area contributed by atoms with Crippen molar-refractivity contribution >= 4 is 57.5 Å². The second kappa shape index (κ2) is 8.91. The van der Waals surface area contributed by atoms with E-state index in [1.807, 2.05) is 0 Å². The van der Waals surface area contributed by atoms with Crippen LogP contribution in [0.3, 0.4) is 0 Å². The van der Waals surface area contributed by atoms with E-state index in [9.17, 15) is 9.59 Å². The van der Waals surface area contributed by atoms with Crippen LogP contribution in [0.5, 0.6) is 0 Å². The van der Waals surface area contributed by atoms with Crippen LogP contribution in [0.15, 0.2) is 24.3 Å². The fraction of sp³-hybridized carbons (Fsp3) is 0.300. The number of amides is 1. The third-order valence-electron chi connectivity index (χ3n) is 4.29. The summed E-state index contributed by atoms with van der Waals surface area (Å²) < 4.78 is 5.20. The van der Waals surface area contributed by atoms with Gasteiger partial charge in [0.25, 0.3) is 0 Å². The minimum atomic E-state index is -0.384. The Balaban J connectivity index is 1.84. The summed E-state index contributed by atoms with van der Waals surface area (Å²) in [5.41, 5.74) is 2.08. The van der Waals surface area contributed by atoms with Crippen molar-refractivity contribution in [3.05, 3.63) is 55.9 Å². The van der Waals surface area contributed by atoms with Crippen molar-refractivity contribution in [2.75, 3.05) is 11.9 Å². The van der Waals surface area contributed by atoms with Crippen molar-refractivity contribution in [2.45, 2.75) is 32.6 Å². The molecule has 1 aliphatic rings. The number of anilines is 1. The maximum absolute atomic E-state index is 12.4. The Morgan fingerprint density at radius 3 is 2.63 bits per heavy atom. The Morgan fingerprint density at radius 2 is 1.93 bits per heavy atom. The van der Waals surface area contributed by atoms with Gasteiger partial charge in [-0.2, -0.15) is 0 Å². The summed E-state index contributed by atoms with van der Waals surface area (Å²) in [5.74, 6) is -0.736. The number of hydrogen-bond donors (Lipinski definition) is 1. The molecule has 0 aliphatic heterocycles. The first-order valence-electron chi connectivity index (χ1n) is 8.76. The van der Waals surface area contributed by atoms with E-state index in [1.54, 1.807) is 31.2 Å². The van der Waals surface area contributed by atoms with Gasteiger partial charge >= 0.3 is 5.97 Å². The van der Waals surface area contributed by atoms with Gasteiger partial charge in [-0.1, -0.05) is 29.3 Å². The lowest BCUT2D eigenvalue weighted by Gasteiger charge is -2.12. The van der Waals surface area contributed by atoms with Crippen molar-refractivity contribution in [1.29, 1.82) is 0 Å². The summed E-state index contributed by atoms with van der Waals surface area (Å²) in [5, 5.41) is 4.29. The lowest BCUT2D eigenvalue weighted by molar-refractivity contribution is -0.111. The first-order chi connectivity index (χ1) is 13.0. The molecular weight excluding hydrogens is 405 g/mol. The molecule has 7 heteroatoms. The minimum absolute atomic E-state index is 0.293.